The molecule has 0 aromatic rings. The molecule has 0 radical (unpaired) electrons. The van der Waals surface area contributed by atoms with Crippen LogP contribution in [0.1, 0.15) is 26.2 Å². The number of carbonyl (C=O) groups is 2. The van der Waals surface area contributed by atoms with E-state index in [1.807, 2.05) is 4.90 Å². The van der Waals surface area contributed by atoms with Crippen LogP contribution in [0.15, 0.2) is 0 Å². The van der Waals surface area contributed by atoms with E-state index in [1.165, 1.54) is 0 Å². The Morgan fingerprint density at radius 2 is 1.89 bits per heavy atom. The second-order valence-corrected chi connectivity index (χ2v) is 5.58. The Kier molecular flexibility index (Phi) is 4.22. The van der Waals surface area contributed by atoms with Gasteiger partial charge in [0.1, 0.15) is 0 Å². The predicted molar refractivity (Wildman–Crippen MR) is 68.6 cm³/mol. The van der Waals surface area contributed by atoms with E-state index in [-0.39, 0.29) is 23.7 Å². The second kappa shape index (κ2) is 5.69. The molecule has 2 fully saturated rings. The third-order valence-corrected chi connectivity index (χ3v) is 4.31. The summed E-state index contributed by atoms with van der Waals surface area (Å²) < 4.78 is 0. The number of nitrogens with one attached hydrogen (secondary N) is 1. The highest BCUT2D eigenvalue weighted by molar-refractivity contribution is 5.80. The average Bonchev–Trinajstić information content (AvgIpc) is 2.38. The fourth-order valence-electron chi connectivity index (χ4n) is 3.00. The number of amides is 2. The van der Waals surface area contributed by atoms with Crippen molar-refractivity contribution in [3.63, 3.8) is 0 Å². The minimum atomic E-state index is -0.225. The van der Waals surface area contributed by atoms with Gasteiger partial charge >= 0.3 is 0 Å². The molecule has 0 saturated carbocycles. The normalized spacial score (nSPS) is 30.2. The van der Waals surface area contributed by atoms with Crippen molar-refractivity contribution >= 4 is 11.8 Å². The molecular formula is C13H23N3O2. The molecule has 5 heteroatoms. The van der Waals surface area contributed by atoms with Crippen LogP contribution in [-0.2, 0) is 9.59 Å². The maximum atomic E-state index is 12.4. The molecule has 2 aliphatic rings. The summed E-state index contributed by atoms with van der Waals surface area (Å²) in [6, 6.07) is 0. The largest absolute Gasteiger partial charge is 0.369 e. The maximum Gasteiger partial charge on any atom is 0.226 e. The van der Waals surface area contributed by atoms with Crippen LogP contribution in [0.5, 0.6) is 0 Å². The summed E-state index contributed by atoms with van der Waals surface area (Å²) in [5.41, 5.74) is 5.30. The van der Waals surface area contributed by atoms with Gasteiger partial charge in [-0.05, 0) is 38.3 Å². The van der Waals surface area contributed by atoms with Gasteiger partial charge in [-0.1, -0.05) is 6.92 Å². The monoisotopic (exact) mass is 253 g/mol. The van der Waals surface area contributed by atoms with E-state index >= 15 is 0 Å². The standard InChI is InChI=1S/C13H23N3O2/c1-9-8-15-5-2-11(9)13(18)16-6-3-10(4-7-16)12(14)17/h9-11,15H,2-8H2,1H3,(H2,14,17). The molecule has 0 aromatic heterocycles. The minimum Gasteiger partial charge on any atom is -0.369 e. The average molecular weight is 253 g/mol. The summed E-state index contributed by atoms with van der Waals surface area (Å²) >= 11 is 0. The molecule has 3 N–H and O–H groups in total. The lowest BCUT2D eigenvalue weighted by atomic mass is 9.85. The van der Waals surface area contributed by atoms with Crippen molar-refractivity contribution in [1.82, 2.24) is 10.2 Å². The molecule has 0 spiro atoms. The van der Waals surface area contributed by atoms with Crippen LogP contribution in [0.2, 0.25) is 0 Å². The zero-order valence-electron chi connectivity index (χ0n) is 11.0. The number of nitrogens with zero attached hydrogens (tertiary/aromatic N) is 1. The van der Waals surface area contributed by atoms with Gasteiger partial charge in [-0.25, -0.2) is 0 Å². The molecule has 18 heavy (non-hydrogen) atoms. The van der Waals surface area contributed by atoms with Crippen molar-refractivity contribution < 1.29 is 9.59 Å². The van der Waals surface area contributed by atoms with E-state index < -0.39 is 0 Å². The molecule has 5 nitrogen and oxygen atoms in total. The lowest BCUT2D eigenvalue weighted by molar-refractivity contribution is -0.140. The first-order valence-corrected chi connectivity index (χ1v) is 6.88. The van der Waals surface area contributed by atoms with Crippen molar-refractivity contribution in [2.75, 3.05) is 26.2 Å². The molecule has 2 saturated heterocycles. The van der Waals surface area contributed by atoms with Gasteiger partial charge in [-0.2, -0.15) is 0 Å². The van der Waals surface area contributed by atoms with E-state index in [4.69, 9.17) is 5.73 Å². The third-order valence-electron chi connectivity index (χ3n) is 4.31. The first kappa shape index (κ1) is 13.3. The Labute approximate surface area is 108 Å². The highest BCUT2D eigenvalue weighted by Gasteiger charge is 2.33. The van der Waals surface area contributed by atoms with Gasteiger partial charge in [0, 0.05) is 24.9 Å². The molecule has 0 aromatic carbocycles. The van der Waals surface area contributed by atoms with Crippen molar-refractivity contribution in [2.24, 2.45) is 23.5 Å². The molecule has 102 valence electrons. The van der Waals surface area contributed by atoms with E-state index in [0.29, 0.717) is 19.0 Å². The molecule has 2 atom stereocenters. The Bertz CT molecular complexity index is 324. The summed E-state index contributed by atoms with van der Waals surface area (Å²) in [5.74, 6) is 0.556. The van der Waals surface area contributed by atoms with Crippen LogP contribution < -0.4 is 11.1 Å². The van der Waals surface area contributed by atoms with Crippen LogP contribution in [0.4, 0.5) is 0 Å². The molecule has 2 amide bonds. The number of piperidine rings is 2. The zero-order valence-corrected chi connectivity index (χ0v) is 11.0. The number of nitrogens with two attached hydrogens (primary N) is 1. The summed E-state index contributed by atoms with van der Waals surface area (Å²) in [7, 11) is 0. The van der Waals surface area contributed by atoms with Gasteiger partial charge < -0.3 is 16.0 Å². The Hall–Kier alpha value is -1.10. The number of rotatable bonds is 2. The van der Waals surface area contributed by atoms with Gasteiger partial charge in [-0.15, -0.1) is 0 Å². The number of hydrogen-bond acceptors (Lipinski definition) is 3. The number of primary amides is 1. The fourth-order valence-corrected chi connectivity index (χ4v) is 3.00. The highest BCUT2D eigenvalue weighted by Crippen LogP contribution is 2.24. The second-order valence-electron chi connectivity index (χ2n) is 5.58. The summed E-state index contributed by atoms with van der Waals surface area (Å²) in [4.78, 5) is 25.4. The van der Waals surface area contributed by atoms with Gasteiger partial charge in [0.05, 0.1) is 0 Å². The van der Waals surface area contributed by atoms with Crippen LogP contribution in [0.3, 0.4) is 0 Å². The van der Waals surface area contributed by atoms with Gasteiger partial charge in [0.15, 0.2) is 0 Å². The van der Waals surface area contributed by atoms with E-state index in [9.17, 15) is 9.59 Å². The lowest BCUT2D eigenvalue weighted by Crippen LogP contribution is -2.48. The SMILES string of the molecule is CC1CNCCC1C(=O)N1CCC(C(N)=O)CC1. The van der Waals surface area contributed by atoms with Gasteiger partial charge in [-0.3, -0.25) is 9.59 Å². The number of likely N-dealkylation sites (tertiary alicyclic amines) is 1. The molecule has 2 aliphatic heterocycles. The van der Waals surface area contributed by atoms with Crippen LogP contribution in [0, 0.1) is 17.8 Å². The van der Waals surface area contributed by atoms with E-state index in [2.05, 4.69) is 12.2 Å². The van der Waals surface area contributed by atoms with E-state index in [1.54, 1.807) is 0 Å². The molecule has 2 heterocycles. The third kappa shape index (κ3) is 2.83. The Morgan fingerprint density at radius 3 is 2.44 bits per heavy atom. The van der Waals surface area contributed by atoms with Gasteiger partial charge in [0.2, 0.25) is 11.8 Å². The predicted octanol–water partition coefficient (Wildman–Crippen LogP) is -0.0441. The Balaban J connectivity index is 1.88. The summed E-state index contributed by atoms with van der Waals surface area (Å²) in [6.07, 6.45) is 2.37. The summed E-state index contributed by atoms with van der Waals surface area (Å²) in [5, 5.41) is 3.31. The van der Waals surface area contributed by atoms with Crippen LogP contribution in [-0.4, -0.2) is 42.9 Å². The van der Waals surface area contributed by atoms with Crippen molar-refractivity contribution in [1.29, 1.82) is 0 Å². The van der Waals surface area contributed by atoms with Crippen molar-refractivity contribution in [2.45, 2.75) is 26.2 Å². The molecule has 0 aliphatic carbocycles. The smallest absolute Gasteiger partial charge is 0.226 e. The summed E-state index contributed by atoms with van der Waals surface area (Å²) in [6.45, 7) is 5.35. The quantitative estimate of drug-likeness (QED) is 0.725. The van der Waals surface area contributed by atoms with Crippen LogP contribution in [0.25, 0.3) is 0 Å². The molecule has 2 rings (SSSR count). The zero-order chi connectivity index (χ0) is 13.1. The first-order valence-electron chi connectivity index (χ1n) is 6.88. The molecule has 0 bridgehead atoms. The molecular weight excluding hydrogens is 230 g/mol. The lowest BCUT2D eigenvalue weighted by Gasteiger charge is -2.36. The van der Waals surface area contributed by atoms with Gasteiger partial charge in [0.25, 0.3) is 0 Å². The van der Waals surface area contributed by atoms with E-state index in [0.717, 1.165) is 32.4 Å². The molecule has 2 unspecified atom stereocenters. The van der Waals surface area contributed by atoms with Crippen molar-refractivity contribution in [3.05, 3.63) is 0 Å². The van der Waals surface area contributed by atoms with Crippen LogP contribution >= 0.6 is 0 Å². The topological polar surface area (TPSA) is 75.4 Å². The fraction of sp³-hybridized carbons (Fsp3) is 0.846. The number of hydrogen-bond donors (Lipinski definition) is 2. The Morgan fingerprint density at radius 1 is 1.22 bits per heavy atom. The number of carbonyl (C=O) groups excluding carboxylic acids is 2. The minimum absolute atomic E-state index is 0.0421. The van der Waals surface area contributed by atoms with Crippen molar-refractivity contribution in [3.8, 4) is 0 Å². The maximum absolute atomic E-state index is 12.4. The first-order chi connectivity index (χ1) is 8.59. The highest BCUT2D eigenvalue weighted by atomic mass is 16.2.